The molecule has 2 aliphatic carbocycles. The molecule has 14 heteroatoms. The number of rotatable bonds is 29. The maximum atomic E-state index is 11.3. The van der Waals surface area contributed by atoms with Crippen molar-refractivity contribution in [2.24, 2.45) is 47.3 Å². The number of ether oxygens (including phenoxy) is 12. The van der Waals surface area contributed by atoms with Crippen LogP contribution >= 0.6 is 0 Å². The molecule has 0 amide bonds. The van der Waals surface area contributed by atoms with Crippen molar-refractivity contribution in [1.82, 2.24) is 0 Å². The van der Waals surface area contributed by atoms with Gasteiger partial charge in [0.25, 0.3) is 0 Å². The minimum atomic E-state index is -0.812. The molecule has 14 nitrogen and oxygen atoms in total. The normalized spacial score (nSPS) is 36.8. The van der Waals surface area contributed by atoms with Gasteiger partial charge < -0.3 is 67.1 Å². The summed E-state index contributed by atoms with van der Waals surface area (Å²) < 4.78 is 73.0. The number of aliphatic hydroxyl groups excluding tert-OH is 2. The molecule has 0 radical (unpaired) electrons. The predicted molar refractivity (Wildman–Crippen MR) is 254 cm³/mol. The van der Waals surface area contributed by atoms with Crippen LogP contribution in [0.3, 0.4) is 0 Å². The monoisotopic (exact) mass is 939 g/mol. The van der Waals surface area contributed by atoms with E-state index in [0.29, 0.717) is 23.7 Å². The maximum Gasteiger partial charge on any atom is 0.187 e. The van der Waals surface area contributed by atoms with Crippen LogP contribution in [0.15, 0.2) is 47.6 Å². The Morgan fingerprint density at radius 2 is 0.909 bits per heavy atom. The summed E-state index contributed by atoms with van der Waals surface area (Å²) in [6, 6.07) is 0. The Kier molecular flexibility index (Phi) is 23.9. The van der Waals surface area contributed by atoms with Gasteiger partial charge in [0.2, 0.25) is 0 Å². The molecule has 2 aliphatic heterocycles. The molecule has 2 saturated heterocycles. The molecule has 1 unspecified atom stereocenters. The van der Waals surface area contributed by atoms with Crippen LogP contribution in [-0.4, -0.2) is 166 Å². The summed E-state index contributed by atoms with van der Waals surface area (Å²) in [5.74, 6) is 2.22. The van der Waals surface area contributed by atoms with E-state index in [2.05, 4.69) is 47.6 Å². The summed E-state index contributed by atoms with van der Waals surface area (Å²) in [6.45, 7) is 17.2. The minimum Gasteiger partial charge on any atom is -0.392 e. The number of allylic oxidation sites excluding steroid dienone is 4. The van der Waals surface area contributed by atoms with Gasteiger partial charge in [-0.05, 0) is 86.2 Å². The highest BCUT2D eigenvalue weighted by atomic mass is 16.7. The van der Waals surface area contributed by atoms with Crippen LogP contribution in [0.1, 0.15) is 81.1 Å². The molecule has 4 rings (SSSR count). The van der Waals surface area contributed by atoms with Gasteiger partial charge in [-0.25, -0.2) is 0 Å². The summed E-state index contributed by atoms with van der Waals surface area (Å²) in [4.78, 5) is 0. The highest BCUT2D eigenvalue weighted by Crippen LogP contribution is 2.51. The smallest absolute Gasteiger partial charge is 0.187 e. The first-order chi connectivity index (χ1) is 31.7. The van der Waals surface area contributed by atoms with Crippen LogP contribution in [0, 0.1) is 47.3 Å². The molecule has 2 heterocycles. The van der Waals surface area contributed by atoms with E-state index in [9.17, 15) is 10.2 Å². The van der Waals surface area contributed by atoms with Crippen molar-refractivity contribution < 1.29 is 67.1 Å². The van der Waals surface area contributed by atoms with Gasteiger partial charge in [-0.2, -0.15) is 0 Å². The number of hydrogen-bond donors (Lipinski definition) is 2. The van der Waals surface area contributed by atoms with Crippen LogP contribution in [0.5, 0.6) is 0 Å². The average Bonchev–Trinajstić information content (AvgIpc) is 4.27. The lowest BCUT2D eigenvalue weighted by atomic mass is 9.91. The zero-order valence-electron chi connectivity index (χ0n) is 43.2. The molecule has 4 fully saturated rings. The molecule has 0 aromatic carbocycles. The molecule has 0 bridgehead atoms. The maximum absolute atomic E-state index is 11.3. The van der Waals surface area contributed by atoms with Crippen molar-refractivity contribution in [1.29, 1.82) is 0 Å². The summed E-state index contributed by atoms with van der Waals surface area (Å²) in [7, 11) is 13.2. The second-order valence-corrected chi connectivity index (χ2v) is 19.3. The van der Waals surface area contributed by atoms with Gasteiger partial charge in [0.1, 0.15) is 48.8 Å². The van der Waals surface area contributed by atoms with Crippen molar-refractivity contribution in [3.8, 4) is 0 Å². The van der Waals surface area contributed by atoms with E-state index in [1.165, 1.54) is 0 Å². The van der Waals surface area contributed by atoms with Crippen LogP contribution in [0.4, 0.5) is 0 Å². The highest BCUT2D eigenvalue weighted by Gasteiger charge is 2.51. The van der Waals surface area contributed by atoms with Crippen LogP contribution < -0.4 is 0 Å². The first-order valence-corrected chi connectivity index (χ1v) is 24.5. The molecule has 66 heavy (non-hydrogen) atoms. The molecule has 2 N–H and O–H groups in total. The van der Waals surface area contributed by atoms with Crippen molar-refractivity contribution in [2.75, 3.05) is 70.1 Å². The Bertz CT molecular complexity index is 1510. The average molecular weight is 939 g/mol. The predicted octanol–water partition coefficient (Wildman–Crippen LogP) is 6.95. The van der Waals surface area contributed by atoms with E-state index in [-0.39, 0.29) is 49.1 Å². The lowest BCUT2D eigenvalue weighted by Gasteiger charge is -2.46. The summed E-state index contributed by atoms with van der Waals surface area (Å²) in [6.07, 6.45) is 9.74. The van der Waals surface area contributed by atoms with E-state index in [1.54, 1.807) is 56.9 Å². The quantitative estimate of drug-likeness (QED) is 0.0588. The molecular weight excluding hydrogens is 849 g/mol. The first kappa shape index (κ1) is 57.0. The van der Waals surface area contributed by atoms with E-state index in [4.69, 9.17) is 56.8 Å². The third-order valence-corrected chi connectivity index (χ3v) is 15.4. The zero-order valence-corrected chi connectivity index (χ0v) is 43.2. The van der Waals surface area contributed by atoms with Gasteiger partial charge in [0.15, 0.2) is 12.6 Å². The van der Waals surface area contributed by atoms with Crippen LogP contribution in [-0.2, 0) is 56.8 Å². The minimum absolute atomic E-state index is 0.0279. The molecule has 2 saturated carbocycles. The molecule has 22 atom stereocenters. The lowest BCUT2D eigenvalue weighted by Crippen LogP contribution is -2.61. The molecule has 0 aromatic rings. The van der Waals surface area contributed by atoms with Crippen LogP contribution in [0.2, 0.25) is 0 Å². The fourth-order valence-electron chi connectivity index (χ4n) is 11.0. The highest BCUT2D eigenvalue weighted by molar-refractivity contribution is 5.21. The Morgan fingerprint density at radius 1 is 0.515 bits per heavy atom. The third-order valence-electron chi connectivity index (χ3n) is 15.4. The zero-order chi connectivity index (χ0) is 48.8. The number of aliphatic hydroxyl groups is 2. The van der Waals surface area contributed by atoms with Gasteiger partial charge >= 0.3 is 0 Å². The van der Waals surface area contributed by atoms with E-state index in [0.717, 1.165) is 36.8 Å². The molecule has 0 aromatic heterocycles. The van der Waals surface area contributed by atoms with Crippen molar-refractivity contribution in [3.63, 3.8) is 0 Å². The fraction of sp³-hybridized carbons (Fsp3) is 0.846. The largest absolute Gasteiger partial charge is 0.392 e. The van der Waals surface area contributed by atoms with E-state index in [1.807, 2.05) is 44.2 Å². The Morgan fingerprint density at radius 3 is 1.32 bits per heavy atom. The molecule has 4 aliphatic rings. The topological polar surface area (TPSA) is 151 Å². The lowest BCUT2D eigenvalue weighted by molar-refractivity contribution is -0.311. The van der Waals surface area contributed by atoms with Crippen molar-refractivity contribution >= 4 is 0 Å². The van der Waals surface area contributed by atoms with Gasteiger partial charge in [0, 0.05) is 68.7 Å². The molecule has 382 valence electrons. The summed E-state index contributed by atoms with van der Waals surface area (Å²) >= 11 is 0. The molecular formula is C52H90O14. The second-order valence-electron chi connectivity index (χ2n) is 19.3. The second kappa shape index (κ2) is 27.7. The van der Waals surface area contributed by atoms with Crippen LogP contribution in [0.25, 0.3) is 0 Å². The summed E-state index contributed by atoms with van der Waals surface area (Å²) in [5.41, 5.74) is 1.80. The first-order valence-electron chi connectivity index (χ1n) is 24.5. The number of hydrogen-bond acceptors (Lipinski definition) is 14. The molecule has 0 spiro atoms. The Balaban J connectivity index is 1.42. The van der Waals surface area contributed by atoms with E-state index < -0.39 is 73.6 Å². The number of methoxy groups -OCH3 is 8. The van der Waals surface area contributed by atoms with Crippen molar-refractivity contribution in [2.45, 2.75) is 167 Å². The van der Waals surface area contributed by atoms with Gasteiger partial charge in [-0.15, -0.1) is 0 Å². The Hall–Kier alpha value is -1.60. The van der Waals surface area contributed by atoms with Crippen molar-refractivity contribution in [3.05, 3.63) is 47.6 Å². The van der Waals surface area contributed by atoms with E-state index >= 15 is 0 Å². The third kappa shape index (κ3) is 14.0. The van der Waals surface area contributed by atoms with Gasteiger partial charge in [-0.3, -0.25) is 0 Å². The van der Waals surface area contributed by atoms with Gasteiger partial charge in [-0.1, -0.05) is 78.0 Å². The Labute approximate surface area is 398 Å². The summed E-state index contributed by atoms with van der Waals surface area (Å²) in [5, 5.41) is 22.5. The SMILES string of the molecule is CC[C@H](OC)[C@@H](C)[C@H]1CC1[C@@H](O)[C@H](C)/C=C/C=C(\C)[C@@H]1O[C@H](OCCO[C@H]2[C@H](OC)[C@@H](OC)[C@@H](OC)O[C@H]2/C(C)=C/C=C/[C@H](C)[C@@H](O)[C@@H]2C[C@H]2[C@H](C)[C@H](CC)OC)[C@H](OC)[C@@H](OC)[C@@H]1OC. The fourth-order valence-corrected chi connectivity index (χ4v) is 11.0. The standard InChI is InChI=1S/C52H90O14/c1-17-39(55-9)33(7)35-27-37(35)41(53)29(3)21-19-23-31(5)43-45(57-11)46(58-12)50(61-15)52(66-43)64-26-25-63-48-44(65-51(62-16)49(60-14)47(48)59-13)32(6)24-20-22-30(4)42(54)38-28-36(38)34(8)40(18-2)56-10/h19-24,29-30,33-54H,17-18,25-28H2,1-16H3/b21-19+,22-20+,31-23+,32-24+/t29-,30+,33+,34+,35-,36+,37?,38-,39+,40+,41+,42-,43+,44+,45-,46+,47+,48-,49-,50-,51+,52+/m1/s1. The van der Waals surface area contributed by atoms with Gasteiger partial charge in [0.05, 0.1) is 37.6 Å².